The number of para-hydroxylation sites is 1. The van der Waals surface area contributed by atoms with E-state index in [-0.39, 0.29) is 5.91 Å². The predicted octanol–water partition coefficient (Wildman–Crippen LogP) is 5.16. The lowest BCUT2D eigenvalue weighted by atomic mass is 9.93. The van der Waals surface area contributed by atoms with E-state index in [0.29, 0.717) is 16.6 Å². The minimum absolute atomic E-state index is 0.369. The van der Waals surface area contributed by atoms with Gasteiger partial charge in [-0.3, -0.25) is 9.69 Å². The van der Waals surface area contributed by atoms with Gasteiger partial charge in [-0.15, -0.1) is 0 Å². The fourth-order valence-corrected chi connectivity index (χ4v) is 4.16. The summed E-state index contributed by atoms with van der Waals surface area (Å²) in [6, 6.07) is 8.10. The monoisotopic (exact) mass is 356 g/mol. The lowest BCUT2D eigenvalue weighted by molar-refractivity contribution is -0.114. The van der Waals surface area contributed by atoms with Crippen LogP contribution in [0.4, 0.5) is 5.69 Å². The van der Waals surface area contributed by atoms with E-state index in [2.05, 4.69) is 32.9 Å². The number of benzene rings is 1. The first kappa shape index (κ1) is 17.8. The van der Waals surface area contributed by atoms with Gasteiger partial charge in [0, 0.05) is 5.69 Å². The third-order valence-electron chi connectivity index (χ3n) is 4.94. The summed E-state index contributed by atoms with van der Waals surface area (Å²) in [6.07, 6.45) is 5.71. The molecule has 2 N–H and O–H groups in total. The summed E-state index contributed by atoms with van der Waals surface area (Å²) >= 11 is 6.88. The fraction of sp³-hybridized carbons (Fsp3) is 0.381. The van der Waals surface area contributed by atoms with Crippen LogP contribution in [0.1, 0.15) is 45.1 Å². The number of fused-ring (bicyclic) bond motifs is 1. The number of hydrogen-bond donors (Lipinski definition) is 1. The molecule has 1 aromatic carbocycles. The van der Waals surface area contributed by atoms with E-state index in [0.717, 1.165) is 53.8 Å². The largest absolute Gasteiger partial charge is 0.366 e. The highest BCUT2D eigenvalue weighted by Crippen LogP contribution is 2.48. The lowest BCUT2D eigenvalue weighted by Crippen LogP contribution is -2.32. The molecule has 132 valence electrons. The average molecular weight is 357 g/mol. The highest BCUT2D eigenvalue weighted by Gasteiger charge is 2.37. The van der Waals surface area contributed by atoms with Crippen LogP contribution in [-0.2, 0) is 4.79 Å². The van der Waals surface area contributed by atoms with E-state index in [1.54, 1.807) is 0 Å². The number of aryl methyl sites for hydroxylation is 1. The quantitative estimate of drug-likeness (QED) is 0.757. The van der Waals surface area contributed by atoms with Crippen molar-refractivity contribution in [2.45, 2.75) is 46.5 Å². The SMILES string of the molecule is CCC/C=C1\C(C(N)=O)=C2CC(C)CC2=C(Cl)N1c1ccccc1C. The van der Waals surface area contributed by atoms with E-state index in [9.17, 15) is 4.79 Å². The van der Waals surface area contributed by atoms with Crippen molar-refractivity contribution in [2.24, 2.45) is 11.7 Å². The molecule has 1 aliphatic heterocycles. The lowest BCUT2D eigenvalue weighted by Gasteiger charge is -2.34. The molecule has 4 heteroatoms. The molecule has 1 atom stereocenters. The van der Waals surface area contributed by atoms with E-state index < -0.39 is 0 Å². The summed E-state index contributed by atoms with van der Waals surface area (Å²) < 4.78 is 0. The van der Waals surface area contributed by atoms with Crippen LogP contribution in [0.3, 0.4) is 0 Å². The molecule has 1 unspecified atom stereocenters. The minimum atomic E-state index is -0.369. The summed E-state index contributed by atoms with van der Waals surface area (Å²) in [7, 11) is 0. The second kappa shape index (κ2) is 7.09. The van der Waals surface area contributed by atoms with Crippen LogP contribution in [0.2, 0.25) is 0 Å². The van der Waals surface area contributed by atoms with Crippen LogP contribution < -0.4 is 10.6 Å². The molecule has 1 aliphatic carbocycles. The Kier molecular flexibility index (Phi) is 5.05. The Morgan fingerprint density at radius 3 is 2.64 bits per heavy atom. The standard InChI is InChI=1S/C21H25ClN2O/c1-4-5-9-18-19(21(23)25)15-11-13(2)12-16(15)20(22)24(18)17-10-7-6-8-14(17)3/h6-10,13H,4-5,11-12H2,1-3H3,(H2,23,25)/b18-9+. The Morgan fingerprint density at radius 2 is 2.00 bits per heavy atom. The number of unbranched alkanes of at least 4 members (excludes halogenated alkanes) is 1. The highest BCUT2D eigenvalue weighted by atomic mass is 35.5. The number of rotatable bonds is 4. The van der Waals surface area contributed by atoms with Gasteiger partial charge in [0.15, 0.2) is 0 Å². The van der Waals surface area contributed by atoms with Gasteiger partial charge in [-0.1, -0.05) is 56.1 Å². The second-order valence-corrected chi connectivity index (χ2v) is 7.36. The van der Waals surface area contributed by atoms with E-state index >= 15 is 0 Å². The molecule has 0 bridgehead atoms. The number of anilines is 1. The topological polar surface area (TPSA) is 46.3 Å². The van der Waals surface area contributed by atoms with Crippen molar-refractivity contribution in [3.05, 3.63) is 63.5 Å². The van der Waals surface area contributed by atoms with Crippen molar-refractivity contribution >= 4 is 23.2 Å². The van der Waals surface area contributed by atoms with Crippen LogP contribution in [0.5, 0.6) is 0 Å². The van der Waals surface area contributed by atoms with Crippen LogP contribution >= 0.6 is 11.6 Å². The zero-order valence-corrected chi connectivity index (χ0v) is 15.9. The van der Waals surface area contributed by atoms with Gasteiger partial charge in [0.1, 0.15) is 5.16 Å². The summed E-state index contributed by atoms with van der Waals surface area (Å²) in [6.45, 7) is 6.37. The number of halogens is 1. The first-order chi connectivity index (χ1) is 12.0. The fourth-order valence-electron chi connectivity index (χ4n) is 3.78. The molecule has 0 saturated heterocycles. The van der Waals surface area contributed by atoms with Gasteiger partial charge in [-0.05, 0) is 54.9 Å². The van der Waals surface area contributed by atoms with Gasteiger partial charge in [-0.25, -0.2) is 0 Å². The number of nitrogens with two attached hydrogens (primary N) is 1. The molecule has 0 aromatic heterocycles. The van der Waals surface area contributed by atoms with E-state index in [4.69, 9.17) is 17.3 Å². The van der Waals surface area contributed by atoms with Gasteiger partial charge >= 0.3 is 0 Å². The maximum absolute atomic E-state index is 12.4. The number of amides is 1. The molecule has 3 nitrogen and oxygen atoms in total. The Bertz CT molecular complexity index is 804. The molecule has 1 fully saturated rings. The van der Waals surface area contributed by atoms with Crippen molar-refractivity contribution in [1.82, 2.24) is 0 Å². The van der Waals surface area contributed by atoms with Crippen LogP contribution in [0, 0.1) is 12.8 Å². The van der Waals surface area contributed by atoms with Crippen molar-refractivity contribution in [3.63, 3.8) is 0 Å². The third kappa shape index (κ3) is 3.13. The van der Waals surface area contributed by atoms with Gasteiger partial charge in [-0.2, -0.15) is 0 Å². The van der Waals surface area contributed by atoms with Gasteiger partial charge < -0.3 is 5.73 Å². The molecule has 0 spiro atoms. The van der Waals surface area contributed by atoms with Crippen LogP contribution in [-0.4, -0.2) is 5.91 Å². The second-order valence-electron chi connectivity index (χ2n) is 7.00. The molecule has 2 aliphatic rings. The van der Waals surface area contributed by atoms with Crippen LogP contribution in [0.15, 0.2) is 57.9 Å². The van der Waals surface area contributed by atoms with Crippen molar-refractivity contribution in [3.8, 4) is 0 Å². The summed E-state index contributed by atoms with van der Waals surface area (Å²) in [5.74, 6) is 0.101. The van der Waals surface area contributed by atoms with E-state index in [1.165, 1.54) is 0 Å². The molecular weight excluding hydrogens is 332 g/mol. The molecule has 0 radical (unpaired) electrons. The number of nitrogens with zero attached hydrogens (tertiary/aromatic N) is 1. The van der Waals surface area contributed by atoms with Gasteiger partial charge in [0.2, 0.25) is 0 Å². The van der Waals surface area contributed by atoms with E-state index in [1.807, 2.05) is 23.1 Å². The maximum atomic E-state index is 12.4. The summed E-state index contributed by atoms with van der Waals surface area (Å²) in [5, 5.41) is 0.709. The highest BCUT2D eigenvalue weighted by molar-refractivity contribution is 6.33. The molecule has 1 aromatic rings. The van der Waals surface area contributed by atoms with Crippen molar-refractivity contribution in [1.29, 1.82) is 0 Å². The number of allylic oxidation sites excluding steroid dienone is 3. The zero-order chi connectivity index (χ0) is 18.1. The number of carbonyl (C=O) groups excluding carboxylic acids is 1. The van der Waals surface area contributed by atoms with Gasteiger partial charge in [0.25, 0.3) is 5.91 Å². The summed E-state index contributed by atoms with van der Waals surface area (Å²) in [4.78, 5) is 14.4. The van der Waals surface area contributed by atoms with Gasteiger partial charge in [0.05, 0.1) is 11.3 Å². The summed E-state index contributed by atoms with van der Waals surface area (Å²) in [5.41, 5.74) is 11.5. The Morgan fingerprint density at radius 1 is 1.32 bits per heavy atom. The first-order valence-electron chi connectivity index (χ1n) is 8.93. The third-order valence-corrected chi connectivity index (χ3v) is 5.34. The minimum Gasteiger partial charge on any atom is -0.366 e. The molecular formula is C21H25ClN2O. The van der Waals surface area contributed by atoms with Crippen molar-refractivity contribution < 1.29 is 4.79 Å². The first-order valence-corrected chi connectivity index (χ1v) is 9.31. The normalized spacial score (nSPS) is 22.0. The predicted molar refractivity (Wildman–Crippen MR) is 104 cm³/mol. The Hall–Kier alpha value is -2.00. The smallest absolute Gasteiger partial charge is 0.251 e. The number of carbonyl (C=O) groups is 1. The number of hydrogen-bond acceptors (Lipinski definition) is 2. The Balaban J connectivity index is 2.27. The number of primary amides is 1. The van der Waals surface area contributed by atoms with Crippen LogP contribution in [0.25, 0.3) is 0 Å². The zero-order valence-electron chi connectivity index (χ0n) is 15.1. The molecule has 1 saturated carbocycles. The van der Waals surface area contributed by atoms with Crippen molar-refractivity contribution in [2.75, 3.05) is 4.90 Å². The maximum Gasteiger partial charge on any atom is 0.251 e. The molecule has 3 rings (SSSR count). The molecule has 1 heterocycles. The average Bonchev–Trinajstić information content (AvgIpc) is 2.95. The molecule has 1 amide bonds. The molecule has 25 heavy (non-hydrogen) atoms. The Labute approximate surface area is 154 Å².